The average molecular weight is 258 g/mol. The first-order valence-electron chi connectivity index (χ1n) is 6.62. The van der Waals surface area contributed by atoms with Crippen LogP contribution in [0.15, 0.2) is 12.1 Å². The van der Waals surface area contributed by atoms with Gasteiger partial charge in [0.25, 0.3) is 0 Å². The van der Waals surface area contributed by atoms with Crippen molar-refractivity contribution in [1.29, 1.82) is 0 Å². The maximum atomic E-state index is 12.1. The summed E-state index contributed by atoms with van der Waals surface area (Å²) < 4.78 is 7.25. The summed E-state index contributed by atoms with van der Waals surface area (Å²) >= 11 is 0. The molecule has 0 spiro atoms. The SMILES string of the molecule is CCOC(=O)c1c(C)n(C)c2cc3c(cc12)CNC3. The standard InChI is InChI=1S/C15H18N2O2/c1-4-19-15(18)14-9(2)17(3)13-6-11-8-16-7-10(11)5-12(13)14/h5-6,16H,4,7-8H2,1-3H3. The van der Waals surface area contributed by atoms with Crippen molar-refractivity contribution < 1.29 is 9.53 Å². The van der Waals surface area contributed by atoms with Crippen molar-refractivity contribution in [2.75, 3.05) is 6.61 Å². The fourth-order valence-electron chi connectivity index (χ4n) is 2.82. The van der Waals surface area contributed by atoms with Gasteiger partial charge in [0.1, 0.15) is 0 Å². The number of hydrogen-bond donors (Lipinski definition) is 1. The highest BCUT2D eigenvalue weighted by molar-refractivity contribution is 6.06. The van der Waals surface area contributed by atoms with E-state index in [0.717, 1.165) is 29.7 Å². The van der Waals surface area contributed by atoms with Crippen LogP contribution in [0.4, 0.5) is 0 Å². The van der Waals surface area contributed by atoms with Crippen LogP contribution in [0.3, 0.4) is 0 Å². The highest BCUT2D eigenvalue weighted by atomic mass is 16.5. The zero-order chi connectivity index (χ0) is 13.6. The van der Waals surface area contributed by atoms with Gasteiger partial charge in [-0.1, -0.05) is 0 Å². The Morgan fingerprint density at radius 2 is 2.05 bits per heavy atom. The summed E-state index contributed by atoms with van der Waals surface area (Å²) in [4.78, 5) is 12.1. The predicted octanol–water partition coefficient (Wildman–Crippen LogP) is 2.27. The molecule has 0 saturated heterocycles. The number of ether oxygens (including phenoxy) is 1. The fourth-order valence-corrected chi connectivity index (χ4v) is 2.82. The van der Waals surface area contributed by atoms with Gasteiger partial charge in [-0.05, 0) is 37.1 Å². The first kappa shape index (κ1) is 12.2. The fraction of sp³-hybridized carbons (Fsp3) is 0.400. The van der Waals surface area contributed by atoms with Crippen LogP contribution in [0.25, 0.3) is 10.9 Å². The van der Waals surface area contributed by atoms with E-state index in [4.69, 9.17) is 4.74 Å². The number of esters is 1. The summed E-state index contributed by atoms with van der Waals surface area (Å²) in [7, 11) is 2.00. The quantitative estimate of drug-likeness (QED) is 0.840. The summed E-state index contributed by atoms with van der Waals surface area (Å²) in [6.07, 6.45) is 0. The maximum Gasteiger partial charge on any atom is 0.340 e. The van der Waals surface area contributed by atoms with Crippen LogP contribution in [0, 0.1) is 6.92 Å². The molecule has 1 aliphatic heterocycles. The van der Waals surface area contributed by atoms with Crippen LogP contribution >= 0.6 is 0 Å². The van der Waals surface area contributed by atoms with Crippen LogP contribution in [0.5, 0.6) is 0 Å². The van der Waals surface area contributed by atoms with Gasteiger partial charge in [-0.2, -0.15) is 0 Å². The second kappa shape index (κ2) is 4.38. The molecule has 19 heavy (non-hydrogen) atoms. The van der Waals surface area contributed by atoms with E-state index in [1.807, 2.05) is 20.9 Å². The van der Waals surface area contributed by atoms with Gasteiger partial charge < -0.3 is 14.6 Å². The zero-order valence-electron chi connectivity index (χ0n) is 11.5. The Kier molecular flexibility index (Phi) is 2.82. The van der Waals surface area contributed by atoms with Gasteiger partial charge in [0, 0.05) is 36.7 Å². The van der Waals surface area contributed by atoms with Gasteiger partial charge in [0.2, 0.25) is 0 Å². The second-order valence-electron chi connectivity index (χ2n) is 4.98. The predicted molar refractivity (Wildman–Crippen MR) is 74.2 cm³/mol. The molecule has 0 fully saturated rings. The first-order chi connectivity index (χ1) is 9.13. The molecule has 0 amide bonds. The molecule has 1 aromatic heterocycles. The summed E-state index contributed by atoms with van der Waals surface area (Å²) in [6.45, 7) is 5.99. The molecule has 0 saturated carbocycles. The third kappa shape index (κ3) is 1.75. The third-order valence-corrected chi connectivity index (χ3v) is 3.92. The molecule has 2 heterocycles. The minimum absolute atomic E-state index is 0.225. The van der Waals surface area contributed by atoms with Gasteiger partial charge in [0.05, 0.1) is 12.2 Å². The molecule has 1 aromatic carbocycles. The molecule has 0 unspecified atom stereocenters. The molecule has 0 bridgehead atoms. The van der Waals surface area contributed by atoms with E-state index in [2.05, 4.69) is 22.0 Å². The molecule has 3 rings (SSSR count). The molecule has 1 aliphatic rings. The van der Waals surface area contributed by atoms with Crippen molar-refractivity contribution in [1.82, 2.24) is 9.88 Å². The Labute approximate surface area is 112 Å². The molecule has 2 aromatic rings. The topological polar surface area (TPSA) is 43.3 Å². The Balaban J connectivity index is 2.26. The monoisotopic (exact) mass is 258 g/mol. The van der Waals surface area contributed by atoms with E-state index in [-0.39, 0.29) is 5.97 Å². The van der Waals surface area contributed by atoms with E-state index in [1.54, 1.807) is 0 Å². The van der Waals surface area contributed by atoms with Crippen molar-refractivity contribution >= 4 is 16.9 Å². The van der Waals surface area contributed by atoms with Gasteiger partial charge in [-0.25, -0.2) is 4.79 Å². The van der Waals surface area contributed by atoms with Gasteiger partial charge in [-0.15, -0.1) is 0 Å². The molecule has 4 nitrogen and oxygen atoms in total. The highest BCUT2D eigenvalue weighted by Crippen LogP contribution is 2.30. The first-order valence-corrected chi connectivity index (χ1v) is 6.62. The van der Waals surface area contributed by atoms with E-state index >= 15 is 0 Å². The second-order valence-corrected chi connectivity index (χ2v) is 4.98. The van der Waals surface area contributed by atoms with E-state index in [9.17, 15) is 4.79 Å². The van der Waals surface area contributed by atoms with Gasteiger partial charge in [0.15, 0.2) is 0 Å². The molecule has 0 atom stereocenters. The lowest BCUT2D eigenvalue weighted by molar-refractivity contribution is 0.0527. The van der Waals surface area contributed by atoms with Crippen molar-refractivity contribution in [2.45, 2.75) is 26.9 Å². The van der Waals surface area contributed by atoms with Gasteiger partial charge >= 0.3 is 5.97 Å². The summed E-state index contributed by atoms with van der Waals surface area (Å²) in [6, 6.07) is 4.31. The minimum Gasteiger partial charge on any atom is -0.462 e. The molecule has 4 heteroatoms. The van der Waals surface area contributed by atoms with Crippen LogP contribution in [-0.4, -0.2) is 17.1 Å². The lowest BCUT2D eigenvalue weighted by atomic mass is 10.0. The number of fused-ring (bicyclic) bond motifs is 2. The van der Waals surface area contributed by atoms with E-state index < -0.39 is 0 Å². The maximum absolute atomic E-state index is 12.1. The zero-order valence-corrected chi connectivity index (χ0v) is 11.5. The number of carbonyl (C=O) groups is 1. The molecule has 100 valence electrons. The number of hydrogen-bond acceptors (Lipinski definition) is 3. The summed E-state index contributed by atoms with van der Waals surface area (Å²) in [5, 5.41) is 4.34. The number of aryl methyl sites for hydroxylation is 1. The highest BCUT2D eigenvalue weighted by Gasteiger charge is 2.22. The number of rotatable bonds is 2. The lowest BCUT2D eigenvalue weighted by Crippen LogP contribution is -2.06. The Bertz CT molecular complexity index is 671. The molecule has 1 N–H and O–H groups in total. The summed E-state index contributed by atoms with van der Waals surface area (Å²) in [5.74, 6) is -0.225. The number of benzene rings is 1. The van der Waals surface area contributed by atoms with Gasteiger partial charge in [-0.3, -0.25) is 0 Å². The number of nitrogens with one attached hydrogen (secondary N) is 1. The Hall–Kier alpha value is -1.81. The normalized spacial score (nSPS) is 13.8. The minimum atomic E-state index is -0.225. The Morgan fingerprint density at radius 3 is 2.74 bits per heavy atom. The van der Waals surface area contributed by atoms with Crippen molar-refractivity contribution in [2.24, 2.45) is 7.05 Å². The number of carbonyl (C=O) groups excluding carboxylic acids is 1. The third-order valence-electron chi connectivity index (χ3n) is 3.92. The van der Waals surface area contributed by atoms with Crippen LogP contribution in [-0.2, 0) is 24.9 Å². The van der Waals surface area contributed by atoms with Crippen molar-refractivity contribution in [3.63, 3.8) is 0 Å². The van der Waals surface area contributed by atoms with Crippen LogP contribution in [0.1, 0.15) is 34.1 Å². The largest absolute Gasteiger partial charge is 0.462 e. The number of aromatic nitrogens is 1. The van der Waals surface area contributed by atoms with Crippen LogP contribution in [0.2, 0.25) is 0 Å². The van der Waals surface area contributed by atoms with Crippen LogP contribution < -0.4 is 5.32 Å². The van der Waals surface area contributed by atoms with Crippen molar-refractivity contribution in [3.8, 4) is 0 Å². The molecule has 0 aliphatic carbocycles. The lowest BCUT2D eigenvalue weighted by Gasteiger charge is -2.02. The van der Waals surface area contributed by atoms with E-state index in [0.29, 0.717) is 12.2 Å². The van der Waals surface area contributed by atoms with Crippen molar-refractivity contribution in [3.05, 3.63) is 34.5 Å². The smallest absolute Gasteiger partial charge is 0.340 e. The average Bonchev–Trinajstić information content (AvgIpc) is 2.92. The number of nitrogens with zero attached hydrogens (tertiary/aromatic N) is 1. The summed E-state index contributed by atoms with van der Waals surface area (Å²) in [5.41, 5.74) is 5.37. The molecular formula is C15H18N2O2. The molecule has 0 radical (unpaired) electrons. The molecular weight excluding hydrogens is 240 g/mol. The van der Waals surface area contributed by atoms with E-state index in [1.165, 1.54) is 11.1 Å². The Morgan fingerprint density at radius 1 is 1.37 bits per heavy atom.